The number of benzene rings is 1. The molecule has 1 aromatic carbocycles. The van der Waals surface area contributed by atoms with Gasteiger partial charge in [0.2, 0.25) is 15.9 Å². The number of anilines is 1. The maximum Gasteiger partial charge on any atom is 0.243 e. The van der Waals surface area contributed by atoms with Crippen molar-refractivity contribution in [2.45, 2.75) is 26.7 Å². The van der Waals surface area contributed by atoms with Gasteiger partial charge in [-0.05, 0) is 31.0 Å². The first-order valence-electron chi connectivity index (χ1n) is 7.41. The number of hydrogen-bond acceptors (Lipinski definition) is 3. The van der Waals surface area contributed by atoms with Gasteiger partial charge in [-0.15, -0.1) is 0 Å². The summed E-state index contributed by atoms with van der Waals surface area (Å²) in [6.07, 6.45) is 2.57. The van der Waals surface area contributed by atoms with Gasteiger partial charge in [-0.1, -0.05) is 25.4 Å². The maximum absolute atomic E-state index is 13.3. The molecule has 0 aromatic heterocycles. The molecular weight excluding hydrogens is 343 g/mol. The van der Waals surface area contributed by atoms with Crippen LogP contribution in [0.15, 0.2) is 18.2 Å². The molecule has 0 aliphatic heterocycles. The first-order chi connectivity index (χ1) is 10.7. The van der Waals surface area contributed by atoms with Crippen molar-refractivity contribution in [3.8, 4) is 0 Å². The van der Waals surface area contributed by atoms with E-state index in [-0.39, 0.29) is 23.2 Å². The minimum atomic E-state index is -3.70. The highest BCUT2D eigenvalue weighted by atomic mass is 35.5. The number of carbonyl (C=O) groups excluding carboxylic acids is 1. The van der Waals surface area contributed by atoms with E-state index in [1.165, 1.54) is 12.1 Å². The normalized spacial score (nSPS) is 11.3. The van der Waals surface area contributed by atoms with Gasteiger partial charge in [-0.25, -0.2) is 12.8 Å². The van der Waals surface area contributed by atoms with Crippen LogP contribution < -0.4 is 4.31 Å². The van der Waals surface area contributed by atoms with Crippen molar-refractivity contribution in [3.63, 3.8) is 0 Å². The van der Waals surface area contributed by atoms with E-state index < -0.39 is 15.8 Å². The largest absolute Gasteiger partial charge is 0.341 e. The lowest BCUT2D eigenvalue weighted by Crippen LogP contribution is -2.43. The highest BCUT2D eigenvalue weighted by Gasteiger charge is 2.24. The highest BCUT2D eigenvalue weighted by molar-refractivity contribution is 7.92. The number of amides is 1. The molecule has 1 aromatic rings. The molecule has 8 heteroatoms. The predicted molar refractivity (Wildman–Crippen MR) is 90.8 cm³/mol. The standard InChI is InChI=1S/C15H22ClFN2O3S/c1-4-8-18(9-5-2)15(20)11-19(23(3,21)22)12-6-7-14(17)13(16)10-12/h6-7,10H,4-5,8-9,11H2,1-3H3. The zero-order valence-corrected chi connectivity index (χ0v) is 15.1. The van der Waals surface area contributed by atoms with Crippen molar-refractivity contribution in [2.24, 2.45) is 0 Å². The van der Waals surface area contributed by atoms with Crippen LogP contribution in [-0.4, -0.2) is 45.1 Å². The van der Waals surface area contributed by atoms with Gasteiger partial charge in [0, 0.05) is 13.1 Å². The van der Waals surface area contributed by atoms with E-state index in [0.717, 1.165) is 29.5 Å². The molecule has 0 spiro atoms. The van der Waals surface area contributed by atoms with E-state index in [9.17, 15) is 17.6 Å². The Balaban J connectivity index is 3.08. The van der Waals surface area contributed by atoms with Crippen molar-refractivity contribution in [1.82, 2.24) is 4.90 Å². The summed E-state index contributed by atoms with van der Waals surface area (Å²) in [6.45, 7) is 4.69. The average molecular weight is 365 g/mol. The van der Waals surface area contributed by atoms with Gasteiger partial charge >= 0.3 is 0 Å². The first kappa shape index (κ1) is 19.7. The molecule has 0 atom stereocenters. The lowest BCUT2D eigenvalue weighted by molar-refractivity contribution is -0.129. The van der Waals surface area contributed by atoms with E-state index in [0.29, 0.717) is 13.1 Å². The summed E-state index contributed by atoms with van der Waals surface area (Å²) in [7, 11) is -3.70. The van der Waals surface area contributed by atoms with Crippen LogP contribution in [0, 0.1) is 5.82 Å². The summed E-state index contributed by atoms with van der Waals surface area (Å²) in [5, 5.41) is -0.192. The van der Waals surface area contributed by atoms with Crippen LogP contribution in [0.2, 0.25) is 5.02 Å². The molecule has 130 valence electrons. The second kappa shape index (κ2) is 8.49. The first-order valence-corrected chi connectivity index (χ1v) is 9.63. The third kappa shape index (κ3) is 5.66. The monoisotopic (exact) mass is 364 g/mol. The van der Waals surface area contributed by atoms with Crippen molar-refractivity contribution < 1.29 is 17.6 Å². The fourth-order valence-electron chi connectivity index (χ4n) is 2.16. The topological polar surface area (TPSA) is 57.7 Å². The smallest absolute Gasteiger partial charge is 0.243 e. The van der Waals surface area contributed by atoms with Crippen LogP contribution in [-0.2, 0) is 14.8 Å². The van der Waals surface area contributed by atoms with Gasteiger partial charge in [0.1, 0.15) is 12.4 Å². The Hall–Kier alpha value is -1.34. The Morgan fingerprint density at radius 2 is 1.78 bits per heavy atom. The molecule has 0 saturated carbocycles. The third-order valence-electron chi connectivity index (χ3n) is 3.21. The Morgan fingerprint density at radius 1 is 1.22 bits per heavy atom. The van der Waals surface area contributed by atoms with Crippen molar-refractivity contribution >= 4 is 33.2 Å². The van der Waals surface area contributed by atoms with Crippen LogP contribution in [0.3, 0.4) is 0 Å². The summed E-state index contributed by atoms with van der Waals surface area (Å²) < 4.78 is 38.3. The summed E-state index contributed by atoms with van der Waals surface area (Å²) in [4.78, 5) is 14.0. The van der Waals surface area contributed by atoms with E-state index in [4.69, 9.17) is 11.6 Å². The van der Waals surface area contributed by atoms with E-state index >= 15 is 0 Å². The highest BCUT2D eigenvalue weighted by Crippen LogP contribution is 2.24. The summed E-state index contributed by atoms with van der Waals surface area (Å²) in [5.41, 5.74) is 0.167. The van der Waals surface area contributed by atoms with Crippen molar-refractivity contribution in [1.29, 1.82) is 0 Å². The summed E-state index contributed by atoms with van der Waals surface area (Å²) in [6, 6.07) is 3.57. The zero-order valence-electron chi connectivity index (χ0n) is 13.6. The summed E-state index contributed by atoms with van der Waals surface area (Å²) in [5.74, 6) is -0.937. The molecule has 0 heterocycles. The summed E-state index contributed by atoms with van der Waals surface area (Å²) >= 11 is 5.71. The quantitative estimate of drug-likeness (QED) is 0.712. The van der Waals surface area contributed by atoms with Gasteiger partial charge in [0.15, 0.2) is 0 Å². The van der Waals surface area contributed by atoms with E-state index in [1.807, 2.05) is 13.8 Å². The van der Waals surface area contributed by atoms with Gasteiger partial charge in [-0.2, -0.15) is 0 Å². The lowest BCUT2D eigenvalue weighted by atomic mass is 10.3. The Morgan fingerprint density at radius 3 is 2.22 bits per heavy atom. The van der Waals surface area contributed by atoms with Gasteiger partial charge < -0.3 is 4.90 Å². The Kier molecular flexibility index (Phi) is 7.28. The van der Waals surface area contributed by atoms with Crippen molar-refractivity contribution in [2.75, 3.05) is 30.2 Å². The number of halogens is 2. The van der Waals surface area contributed by atoms with Crippen LogP contribution in [0.4, 0.5) is 10.1 Å². The molecule has 0 saturated heterocycles. The minimum absolute atomic E-state index is 0.167. The lowest BCUT2D eigenvalue weighted by Gasteiger charge is -2.27. The second-order valence-corrected chi connectivity index (χ2v) is 7.56. The molecule has 1 amide bonds. The molecule has 0 bridgehead atoms. The number of sulfonamides is 1. The molecule has 0 aliphatic carbocycles. The molecular formula is C15H22ClFN2O3S. The van der Waals surface area contributed by atoms with E-state index in [2.05, 4.69) is 0 Å². The van der Waals surface area contributed by atoms with Gasteiger partial charge in [-0.3, -0.25) is 9.10 Å². The molecule has 23 heavy (non-hydrogen) atoms. The number of rotatable bonds is 8. The molecule has 0 fully saturated rings. The second-order valence-electron chi connectivity index (χ2n) is 5.25. The number of hydrogen-bond donors (Lipinski definition) is 0. The average Bonchev–Trinajstić information content (AvgIpc) is 2.46. The number of carbonyl (C=O) groups is 1. The predicted octanol–water partition coefficient (Wildman–Crippen LogP) is 2.89. The zero-order chi connectivity index (χ0) is 17.6. The number of nitrogens with zero attached hydrogens (tertiary/aromatic N) is 2. The SMILES string of the molecule is CCCN(CCC)C(=O)CN(c1ccc(F)c(Cl)c1)S(C)(=O)=O. The van der Waals surface area contributed by atoms with Crippen LogP contribution >= 0.6 is 11.6 Å². The Labute approximate surface area is 142 Å². The van der Waals surface area contributed by atoms with Gasteiger partial charge in [0.25, 0.3) is 0 Å². The fourth-order valence-corrected chi connectivity index (χ4v) is 3.18. The maximum atomic E-state index is 13.3. The van der Waals surface area contributed by atoms with Gasteiger partial charge in [0.05, 0.1) is 17.0 Å². The minimum Gasteiger partial charge on any atom is -0.341 e. The molecule has 0 aliphatic rings. The Bertz CT molecular complexity index is 646. The van der Waals surface area contributed by atoms with E-state index in [1.54, 1.807) is 4.90 Å². The van der Waals surface area contributed by atoms with Crippen molar-refractivity contribution in [3.05, 3.63) is 29.0 Å². The van der Waals surface area contributed by atoms with Crippen LogP contribution in [0.1, 0.15) is 26.7 Å². The van der Waals surface area contributed by atoms with Crippen LogP contribution in [0.5, 0.6) is 0 Å². The molecule has 0 radical (unpaired) electrons. The molecule has 0 N–H and O–H groups in total. The molecule has 1 rings (SSSR count). The van der Waals surface area contributed by atoms with Crippen LogP contribution in [0.25, 0.3) is 0 Å². The fraction of sp³-hybridized carbons (Fsp3) is 0.533. The third-order valence-corrected chi connectivity index (χ3v) is 4.64. The molecule has 0 unspecified atom stereocenters. The molecule has 5 nitrogen and oxygen atoms in total.